The Morgan fingerprint density at radius 1 is 0.963 bits per heavy atom. The van der Waals surface area contributed by atoms with Crippen molar-refractivity contribution in [2.24, 2.45) is 0 Å². The molecule has 2 aromatic carbocycles. The summed E-state index contributed by atoms with van der Waals surface area (Å²) in [6.07, 6.45) is 3.20. The minimum absolute atomic E-state index is 0.0219. The summed E-state index contributed by atoms with van der Waals surface area (Å²) in [6, 6.07) is 17.1. The third kappa shape index (κ3) is 3.12. The molecule has 5 rings (SSSR count). The van der Waals surface area contributed by atoms with Crippen molar-refractivity contribution in [3.05, 3.63) is 65.5 Å². The molecule has 1 N–H and O–H groups in total. The van der Waals surface area contributed by atoms with Gasteiger partial charge in [-0.2, -0.15) is 0 Å². The maximum atomic E-state index is 12.8. The predicted molar refractivity (Wildman–Crippen MR) is 106 cm³/mol. The van der Waals surface area contributed by atoms with E-state index in [1.807, 2.05) is 29.2 Å². The highest BCUT2D eigenvalue weighted by molar-refractivity contribution is 5.94. The number of aromatic amines is 1. The van der Waals surface area contributed by atoms with Gasteiger partial charge in [0.05, 0.1) is 11.0 Å². The molecule has 1 saturated heterocycles. The number of benzene rings is 2. The second-order valence-corrected chi connectivity index (χ2v) is 7.62. The van der Waals surface area contributed by atoms with Crippen LogP contribution in [0.1, 0.15) is 34.6 Å². The van der Waals surface area contributed by atoms with Crippen LogP contribution in [0.5, 0.6) is 0 Å². The van der Waals surface area contributed by atoms with Crippen LogP contribution in [0.2, 0.25) is 0 Å². The largest absolute Gasteiger partial charge is 0.336 e. The van der Waals surface area contributed by atoms with Crippen LogP contribution in [-0.4, -0.2) is 51.4 Å². The molecule has 2 aliphatic rings. The fourth-order valence-electron chi connectivity index (χ4n) is 4.47. The predicted octanol–water partition coefficient (Wildman–Crippen LogP) is 3.23. The molecule has 2 aliphatic heterocycles. The lowest BCUT2D eigenvalue weighted by Gasteiger charge is -2.40. The topological polar surface area (TPSA) is 52.2 Å². The number of aromatic nitrogens is 2. The Hall–Kier alpha value is -2.66. The average Bonchev–Trinajstić information content (AvgIpc) is 3.17. The smallest absolute Gasteiger partial charge is 0.289 e. The Kier molecular flexibility index (Phi) is 4.17. The molecule has 1 aromatic heterocycles. The molecule has 0 spiro atoms. The number of para-hydroxylation sites is 2. The van der Waals surface area contributed by atoms with Crippen molar-refractivity contribution in [2.75, 3.05) is 19.6 Å². The first-order valence-corrected chi connectivity index (χ1v) is 9.83. The normalized spacial score (nSPS) is 18.6. The first-order valence-electron chi connectivity index (χ1n) is 9.83. The summed E-state index contributed by atoms with van der Waals surface area (Å²) >= 11 is 0. The first-order chi connectivity index (χ1) is 13.3. The van der Waals surface area contributed by atoms with Gasteiger partial charge in [-0.05, 0) is 42.5 Å². The third-order valence-corrected chi connectivity index (χ3v) is 6.02. The Labute approximate surface area is 159 Å². The van der Waals surface area contributed by atoms with Crippen LogP contribution in [-0.2, 0) is 13.0 Å². The fourth-order valence-corrected chi connectivity index (χ4v) is 4.47. The number of imidazole rings is 1. The molecule has 0 saturated carbocycles. The number of fused-ring (bicyclic) bond motifs is 2. The molecule has 5 heteroatoms. The molecule has 3 aromatic rings. The number of piperidine rings is 1. The Morgan fingerprint density at radius 2 is 1.70 bits per heavy atom. The molecule has 0 aliphatic carbocycles. The van der Waals surface area contributed by atoms with E-state index in [0.29, 0.717) is 11.9 Å². The van der Waals surface area contributed by atoms with Crippen molar-refractivity contribution < 1.29 is 4.79 Å². The lowest BCUT2D eigenvalue weighted by Crippen LogP contribution is -2.48. The van der Waals surface area contributed by atoms with Crippen LogP contribution in [0.3, 0.4) is 0 Å². The highest BCUT2D eigenvalue weighted by Gasteiger charge is 2.30. The highest BCUT2D eigenvalue weighted by Crippen LogP contribution is 2.25. The Bertz CT molecular complexity index is 938. The van der Waals surface area contributed by atoms with Crippen LogP contribution in [0.4, 0.5) is 0 Å². The second kappa shape index (κ2) is 6.82. The van der Waals surface area contributed by atoms with E-state index in [0.717, 1.165) is 56.5 Å². The molecule has 3 heterocycles. The molecule has 27 heavy (non-hydrogen) atoms. The van der Waals surface area contributed by atoms with Crippen LogP contribution >= 0.6 is 0 Å². The van der Waals surface area contributed by atoms with Gasteiger partial charge in [0, 0.05) is 32.2 Å². The lowest BCUT2D eigenvalue weighted by atomic mass is 9.95. The standard InChI is InChI=1S/C22H24N4O/c27-22(21-23-19-7-3-4-8-20(19)24-21)25-13-10-18(11-14-25)26-12-9-16-5-1-2-6-17(16)15-26/h1-8,18H,9-15H2,(H,23,24). The van der Waals surface area contributed by atoms with Gasteiger partial charge in [0.1, 0.15) is 0 Å². The Balaban J connectivity index is 1.23. The molecule has 5 nitrogen and oxygen atoms in total. The zero-order valence-corrected chi connectivity index (χ0v) is 15.4. The van der Waals surface area contributed by atoms with Gasteiger partial charge in [0.25, 0.3) is 5.91 Å². The van der Waals surface area contributed by atoms with Crippen molar-refractivity contribution >= 4 is 16.9 Å². The molecular formula is C22H24N4O. The SMILES string of the molecule is O=C(c1nc2ccccc2[nH]1)N1CCC(N2CCc3ccccc3C2)CC1. The number of hydrogen-bond donors (Lipinski definition) is 1. The minimum atomic E-state index is 0.0219. The average molecular weight is 360 g/mol. The van der Waals surface area contributed by atoms with E-state index in [2.05, 4.69) is 39.1 Å². The van der Waals surface area contributed by atoms with Gasteiger partial charge in [-0.15, -0.1) is 0 Å². The zero-order chi connectivity index (χ0) is 18.2. The maximum Gasteiger partial charge on any atom is 0.289 e. The molecule has 0 unspecified atom stereocenters. The van der Waals surface area contributed by atoms with Gasteiger partial charge in [-0.1, -0.05) is 36.4 Å². The number of carbonyl (C=O) groups excluding carboxylic acids is 1. The number of amides is 1. The molecule has 0 bridgehead atoms. The first kappa shape index (κ1) is 16.5. The monoisotopic (exact) mass is 360 g/mol. The van der Waals surface area contributed by atoms with Crippen molar-refractivity contribution in [1.82, 2.24) is 19.8 Å². The van der Waals surface area contributed by atoms with E-state index in [1.54, 1.807) is 0 Å². The number of nitrogens with one attached hydrogen (secondary N) is 1. The fraction of sp³-hybridized carbons (Fsp3) is 0.364. The van der Waals surface area contributed by atoms with Crippen LogP contribution in [0.15, 0.2) is 48.5 Å². The number of hydrogen-bond acceptors (Lipinski definition) is 3. The summed E-state index contributed by atoms with van der Waals surface area (Å²) in [7, 11) is 0. The Morgan fingerprint density at radius 3 is 2.52 bits per heavy atom. The molecular weight excluding hydrogens is 336 g/mol. The van der Waals surface area contributed by atoms with E-state index in [-0.39, 0.29) is 5.91 Å². The van der Waals surface area contributed by atoms with Gasteiger partial charge in [-0.25, -0.2) is 4.98 Å². The number of rotatable bonds is 2. The van der Waals surface area contributed by atoms with Crippen LogP contribution in [0.25, 0.3) is 11.0 Å². The lowest BCUT2D eigenvalue weighted by molar-refractivity contribution is 0.0590. The summed E-state index contributed by atoms with van der Waals surface area (Å²) in [4.78, 5) is 25.0. The maximum absolute atomic E-state index is 12.8. The second-order valence-electron chi connectivity index (χ2n) is 7.62. The third-order valence-electron chi connectivity index (χ3n) is 6.02. The summed E-state index contributed by atoms with van der Waals surface area (Å²) in [5, 5.41) is 0. The van der Waals surface area contributed by atoms with Gasteiger partial charge in [-0.3, -0.25) is 9.69 Å². The summed E-state index contributed by atoms with van der Waals surface area (Å²) in [5.74, 6) is 0.482. The minimum Gasteiger partial charge on any atom is -0.336 e. The summed E-state index contributed by atoms with van der Waals surface area (Å²) in [5.41, 5.74) is 4.72. The molecule has 0 atom stereocenters. The van der Waals surface area contributed by atoms with Crippen molar-refractivity contribution in [2.45, 2.75) is 31.8 Å². The number of H-pyrrole nitrogens is 1. The zero-order valence-electron chi connectivity index (χ0n) is 15.4. The molecule has 0 radical (unpaired) electrons. The number of likely N-dealkylation sites (tertiary alicyclic amines) is 1. The van der Waals surface area contributed by atoms with E-state index in [9.17, 15) is 4.79 Å². The van der Waals surface area contributed by atoms with Gasteiger partial charge < -0.3 is 9.88 Å². The van der Waals surface area contributed by atoms with Gasteiger partial charge in [0.2, 0.25) is 0 Å². The van der Waals surface area contributed by atoms with E-state index >= 15 is 0 Å². The van der Waals surface area contributed by atoms with E-state index in [4.69, 9.17) is 0 Å². The number of nitrogens with zero attached hydrogens (tertiary/aromatic N) is 3. The van der Waals surface area contributed by atoms with Crippen LogP contribution < -0.4 is 0 Å². The summed E-state index contributed by atoms with van der Waals surface area (Å²) in [6.45, 7) is 3.77. The van der Waals surface area contributed by atoms with E-state index < -0.39 is 0 Å². The van der Waals surface area contributed by atoms with Crippen LogP contribution in [0, 0.1) is 0 Å². The molecule has 138 valence electrons. The number of carbonyl (C=O) groups is 1. The van der Waals surface area contributed by atoms with Crippen molar-refractivity contribution in [3.8, 4) is 0 Å². The quantitative estimate of drug-likeness (QED) is 0.763. The van der Waals surface area contributed by atoms with Crippen molar-refractivity contribution in [3.63, 3.8) is 0 Å². The van der Waals surface area contributed by atoms with Gasteiger partial charge >= 0.3 is 0 Å². The summed E-state index contributed by atoms with van der Waals surface area (Å²) < 4.78 is 0. The van der Waals surface area contributed by atoms with E-state index in [1.165, 1.54) is 11.1 Å². The van der Waals surface area contributed by atoms with Crippen molar-refractivity contribution in [1.29, 1.82) is 0 Å². The molecule has 1 fully saturated rings. The molecule has 1 amide bonds. The van der Waals surface area contributed by atoms with Gasteiger partial charge in [0.15, 0.2) is 5.82 Å². The highest BCUT2D eigenvalue weighted by atomic mass is 16.2.